The van der Waals surface area contributed by atoms with Crippen molar-refractivity contribution < 1.29 is 51.1 Å². The zero-order valence-electron chi connectivity index (χ0n) is 41.1. The predicted octanol–water partition coefficient (Wildman–Crippen LogP) is 4.60. The molecule has 74 heavy (non-hydrogen) atoms. The van der Waals surface area contributed by atoms with Crippen LogP contribution in [0.15, 0.2) is 65.7 Å². The molecule has 4 aliphatic rings. The summed E-state index contributed by atoms with van der Waals surface area (Å²) < 4.78 is 58.0. The van der Waals surface area contributed by atoms with E-state index in [1.54, 1.807) is 29.2 Å². The highest BCUT2D eigenvalue weighted by Crippen LogP contribution is 2.38. The molecule has 3 atom stereocenters. The van der Waals surface area contributed by atoms with Gasteiger partial charge in [0.25, 0.3) is 17.7 Å². The van der Waals surface area contributed by atoms with Crippen LogP contribution in [0.1, 0.15) is 95.4 Å². The first-order valence-electron chi connectivity index (χ1n) is 24.5. The number of aromatic nitrogens is 2. The smallest absolute Gasteiger partial charge is 0.384 e. The summed E-state index contributed by atoms with van der Waals surface area (Å²) in [6.45, 7) is 7.37. The van der Waals surface area contributed by atoms with Gasteiger partial charge in [0.1, 0.15) is 17.7 Å². The number of benzene rings is 2. The van der Waals surface area contributed by atoms with Crippen LogP contribution in [0, 0.1) is 5.82 Å². The van der Waals surface area contributed by atoms with E-state index >= 15 is 4.39 Å². The molecule has 19 nitrogen and oxygen atoms in total. The van der Waals surface area contributed by atoms with E-state index in [4.69, 9.17) is 0 Å². The summed E-state index contributed by atoms with van der Waals surface area (Å²) in [4.78, 5) is 117. The number of hydrogen-bond acceptors (Lipinski definition) is 13. The Balaban J connectivity index is 0.790. The first kappa shape index (κ1) is 52.6. The lowest BCUT2D eigenvalue weighted by Crippen LogP contribution is -2.55. The lowest BCUT2D eigenvalue weighted by molar-refractivity contribution is -0.138. The Morgan fingerprint density at radius 1 is 0.824 bits per heavy atom. The topological polar surface area (TPSA) is 230 Å². The van der Waals surface area contributed by atoms with E-state index < -0.39 is 64.3 Å². The standard InChI is InChI=1S/C51H57F4N11O8/c1-29-27-65(28-30(2)62(29)3)40-24-36(52)33(22-38(40)60-47(71)34-26-59-44(69)23-35(34)51(53,54)55)31-10-12-41(58-25-31)63-18-20-64(21-19-63)45(70)15-14-42(67)57-17-6-4-5-16-56-37-9-7-8-32-46(37)50(74)66(49(32)73)39-11-13-43(68)61-48(39)72/h7-10,12,22-26,29-30,39,56H,4-6,11,13-21,27-28H2,1-3H3,(H,57,67)(H,59,69)(H,60,71)(H,61,68,72)/t29-,30+,39?. The molecule has 3 saturated heterocycles. The molecule has 2 aromatic heterocycles. The number of unbranched alkanes of at least 4 members (excludes halogenated alkanes) is 2. The zero-order valence-corrected chi connectivity index (χ0v) is 41.1. The van der Waals surface area contributed by atoms with Gasteiger partial charge in [-0.3, -0.25) is 53.5 Å². The number of piperidine rings is 1. The molecule has 8 rings (SSSR count). The number of pyridine rings is 2. The van der Waals surface area contributed by atoms with Gasteiger partial charge in [0.05, 0.1) is 33.6 Å². The van der Waals surface area contributed by atoms with Gasteiger partial charge in [-0.15, -0.1) is 0 Å². The summed E-state index contributed by atoms with van der Waals surface area (Å²) in [5.74, 6) is -3.95. The highest BCUT2D eigenvalue weighted by molar-refractivity contribution is 6.25. The number of carbonyl (C=O) groups excluding carboxylic acids is 7. The maximum absolute atomic E-state index is 16.2. The molecule has 0 saturated carbocycles. The zero-order chi connectivity index (χ0) is 53.0. The van der Waals surface area contributed by atoms with E-state index in [0.29, 0.717) is 94.5 Å². The van der Waals surface area contributed by atoms with Crippen molar-refractivity contribution in [1.82, 2.24) is 35.3 Å². The van der Waals surface area contributed by atoms with Crippen molar-refractivity contribution in [2.45, 2.75) is 83.1 Å². The van der Waals surface area contributed by atoms with Gasteiger partial charge in [0.2, 0.25) is 29.2 Å². The van der Waals surface area contributed by atoms with E-state index in [9.17, 15) is 51.5 Å². The van der Waals surface area contributed by atoms with Gasteiger partial charge in [-0.05, 0) is 83.0 Å². The molecule has 392 valence electrons. The Morgan fingerprint density at radius 2 is 1.55 bits per heavy atom. The van der Waals surface area contributed by atoms with E-state index in [1.165, 1.54) is 24.4 Å². The van der Waals surface area contributed by atoms with Crippen molar-refractivity contribution in [3.05, 3.63) is 99.3 Å². The molecule has 0 aliphatic carbocycles. The van der Waals surface area contributed by atoms with Crippen LogP contribution in [0.2, 0.25) is 0 Å². The number of alkyl halides is 3. The fraction of sp³-hybridized carbons (Fsp3) is 0.431. The summed E-state index contributed by atoms with van der Waals surface area (Å²) in [7, 11) is 1.96. The van der Waals surface area contributed by atoms with Gasteiger partial charge in [0.15, 0.2) is 0 Å². The minimum atomic E-state index is -5.00. The van der Waals surface area contributed by atoms with Gasteiger partial charge in [-0.1, -0.05) is 6.07 Å². The maximum Gasteiger partial charge on any atom is 0.417 e. The third-order valence-electron chi connectivity index (χ3n) is 14.0. The van der Waals surface area contributed by atoms with Crippen LogP contribution >= 0.6 is 0 Å². The van der Waals surface area contributed by atoms with E-state index in [0.717, 1.165) is 11.3 Å². The molecule has 6 heterocycles. The molecule has 4 aliphatic heterocycles. The summed E-state index contributed by atoms with van der Waals surface area (Å²) in [5, 5.41) is 10.8. The van der Waals surface area contributed by atoms with E-state index in [2.05, 4.69) is 36.1 Å². The number of hydrogen-bond donors (Lipinski definition) is 5. The second kappa shape index (κ2) is 22.2. The van der Waals surface area contributed by atoms with Crippen molar-refractivity contribution >= 4 is 64.2 Å². The fourth-order valence-corrected chi connectivity index (χ4v) is 9.75. The molecule has 23 heteroatoms. The predicted molar refractivity (Wildman–Crippen MR) is 265 cm³/mol. The molecular weight excluding hydrogens is 971 g/mol. The molecule has 1 unspecified atom stereocenters. The van der Waals surface area contributed by atoms with Crippen molar-refractivity contribution in [3.63, 3.8) is 0 Å². The highest BCUT2D eigenvalue weighted by atomic mass is 19.4. The average Bonchev–Trinajstić information content (AvgIpc) is 3.63. The van der Waals surface area contributed by atoms with Crippen LogP contribution < -0.4 is 36.6 Å². The van der Waals surface area contributed by atoms with Crippen molar-refractivity contribution in [2.75, 3.05) is 79.8 Å². The van der Waals surface area contributed by atoms with Crippen LogP contribution in [0.3, 0.4) is 0 Å². The normalized spacial score (nSPS) is 19.4. The number of anilines is 4. The lowest BCUT2D eigenvalue weighted by Gasteiger charge is -2.44. The van der Waals surface area contributed by atoms with Gasteiger partial charge < -0.3 is 35.6 Å². The third kappa shape index (κ3) is 11.6. The molecule has 0 radical (unpaired) electrons. The van der Waals surface area contributed by atoms with Gasteiger partial charge in [-0.25, -0.2) is 9.37 Å². The number of H-pyrrole nitrogens is 1. The minimum absolute atomic E-state index is 0.0175. The average molecular weight is 1030 g/mol. The number of rotatable bonds is 16. The third-order valence-corrected chi connectivity index (χ3v) is 14.0. The molecular formula is C51H57F4N11O8. The van der Waals surface area contributed by atoms with Gasteiger partial charge in [0, 0.05) is 119 Å². The van der Waals surface area contributed by atoms with E-state index in [1.807, 2.05) is 30.7 Å². The Kier molecular flexibility index (Phi) is 15.8. The summed E-state index contributed by atoms with van der Waals surface area (Å²) in [6.07, 6.45) is -0.614. The SMILES string of the molecule is C[C@@H]1CN(c2cc(F)c(-c3ccc(N4CCN(C(=O)CCC(=O)NCCCCCNc5cccc6c5C(=O)N(C5CCC(=O)NC5=O)C6=O)CC4)nc3)cc2NC(=O)c2c[nH]c(=O)cc2C(F)(F)F)C[C@H](C)N1C. The number of amides is 7. The second-order valence-corrected chi connectivity index (χ2v) is 19.0. The summed E-state index contributed by atoms with van der Waals surface area (Å²) in [6, 6.07) is 10.1. The largest absolute Gasteiger partial charge is 0.417 e. The number of imide groups is 2. The Morgan fingerprint density at radius 3 is 2.24 bits per heavy atom. The second-order valence-electron chi connectivity index (χ2n) is 19.0. The molecule has 3 fully saturated rings. The Bertz CT molecular complexity index is 2890. The van der Waals surface area contributed by atoms with Crippen LogP contribution in [-0.4, -0.2) is 144 Å². The number of aromatic amines is 1. The molecule has 0 spiro atoms. The van der Waals surface area contributed by atoms with Gasteiger partial charge in [-0.2, -0.15) is 13.2 Å². The van der Waals surface area contributed by atoms with Gasteiger partial charge >= 0.3 is 6.18 Å². The first-order valence-corrected chi connectivity index (χ1v) is 24.5. The fourth-order valence-electron chi connectivity index (χ4n) is 9.75. The quantitative estimate of drug-likeness (QED) is 0.0588. The van der Waals surface area contributed by atoms with Crippen LogP contribution in [0.5, 0.6) is 0 Å². The summed E-state index contributed by atoms with van der Waals surface area (Å²) >= 11 is 0. The molecule has 0 bridgehead atoms. The van der Waals surface area contributed by atoms with Crippen molar-refractivity contribution in [2.24, 2.45) is 0 Å². The number of piperazine rings is 2. The van der Waals surface area contributed by atoms with Crippen LogP contribution in [0.25, 0.3) is 11.1 Å². The monoisotopic (exact) mass is 1030 g/mol. The number of likely N-dealkylation sites (N-methyl/N-ethyl adjacent to an activating group) is 1. The number of halogens is 4. The molecule has 2 aromatic carbocycles. The number of nitrogens with zero attached hydrogens (tertiary/aromatic N) is 6. The Labute approximate surface area is 423 Å². The van der Waals surface area contributed by atoms with Crippen LogP contribution in [-0.2, 0) is 25.4 Å². The van der Waals surface area contributed by atoms with Crippen LogP contribution in [0.4, 0.5) is 40.4 Å². The highest BCUT2D eigenvalue weighted by Gasteiger charge is 2.46. The minimum Gasteiger partial charge on any atom is -0.384 e. The number of fused-ring (bicyclic) bond motifs is 1. The van der Waals surface area contributed by atoms with E-state index in [-0.39, 0.29) is 77.6 Å². The molecule has 4 aromatic rings. The first-order chi connectivity index (χ1) is 35.3. The number of nitrogens with one attached hydrogen (secondary N) is 5. The number of carbonyl (C=O) groups is 7. The Hall–Kier alpha value is -7.69. The molecule has 5 N–H and O–H groups in total. The molecule has 7 amide bonds. The summed E-state index contributed by atoms with van der Waals surface area (Å²) in [5.41, 5.74) is -1.69. The van der Waals surface area contributed by atoms with Crippen molar-refractivity contribution in [3.8, 4) is 11.1 Å². The lowest BCUT2D eigenvalue weighted by atomic mass is 10.0. The maximum atomic E-state index is 16.2. The van der Waals surface area contributed by atoms with Crippen molar-refractivity contribution in [1.29, 1.82) is 0 Å².